The van der Waals surface area contributed by atoms with Crippen molar-refractivity contribution < 1.29 is 13.9 Å². The lowest BCUT2D eigenvalue weighted by Gasteiger charge is -2.22. The molecule has 0 aliphatic rings. The average Bonchev–Trinajstić information content (AvgIpc) is 2.65. The fraction of sp³-hybridized carbons (Fsp3) is 0.458. The molecule has 0 bridgehead atoms. The maximum atomic E-state index is 15.1. The van der Waals surface area contributed by atoms with Crippen LogP contribution in [0.2, 0.25) is 0 Å². The molecule has 1 N–H and O–H groups in total. The van der Waals surface area contributed by atoms with E-state index in [1.54, 1.807) is 13.8 Å². The van der Waals surface area contributed by atoms with E-state index in [1.165, 1.54) is 0 Å². The molecule has 0 saturated heterocycles. The van der Waals surface area contributed by atoms with Crippen LogP contribution in [0, 0.1) is 25.1 Å². The first-order chi connectivity index (χ1) is 13.2. The van der Waals surface area contributed by atoms with E-state index >= 15 is 4.39 Å². The predicted molar refractivity (Wildman–Crippen MR) is 112 cm³/mol. The number of nitrogens with one attached hydrogen (secondary N) is 1. The van der Waals surface area contributed by atoms with Crippen molar-refractivity contribution in [2.24, 2.45) is 5.41 Å². The second kappa shape index (κ2) is 9.33. The fourth-order valence-corrected chi connectivity index (χ4v) is 3.19. The molecule has 28 heavy (non-hydrogen) atoms. The number of hydrogen-bond acceptors (Lipinski definition) is 3. The Kier molecular flexibility index (Phi) is 7.36. The molecule has 0 unspecified atom stereocenters. The van der Waals surface area contributed by atoms with Crippen molar-refractivity contribution in [2.75, 3.05) is 6.54 Å². The van der Waals surface area contributed by atoms with Crippen LogP contribution >= 0.6 is 0 Å². The van der Waals surface area contributed by atoms with Gasteiger partial charge in [0.2, 0.25) is 0 Å². The molecule has 2 aromatic rings. The number of halogens is 1. The van der Waals surface area contributed by atoms with E-state index < -0.39 is 0 Å². The first kappa shape index (κ1) is 22.1. The lowest BCUT2D eigenvalue weighted by Crippen LogP contribution is -2.27. The van der Waals surface area contributed by atoms with E-state index in [1.807, 2.05) is 37.3 Å². The standard InChI is InChI=1S/C24H32FNO2/c1-7-20(27)21-17(3)22(25)19(13-26-15-24(4,5)6)16(2)23(21)28-14-18-11-9-8-10-12-18/h8-12,26H,7,13-15H2,1-6H3. The summed E-state index contributed by atoms with van der Waals surface area (Å²) >= 11 is 0. The second-order valence-electron chi connectivity index (χ2n) is 8.46. The first-order valence-corrected chi connectivity index (χ1v) is 9.88. The molecule has 0 aliphatic carbocycles. The molecule has 3 nitrogen and oxygen atoms in total. The van der Waals surface area contributed by atoms with Crippen LogP contribution in [0.15, 0.2) is 30.3 Å². The van der Waals surface area contributed by atoms with Gasteiger partial charge in [0.25, 0.3) is 0 Å². The molecule has 0 amide bonds. The summed E-state index contributed by atoms with van der Waals surface area (Å²) in [6, 6.07) is 9.78. The number of carbonyl (C=O) groups is 1. The van der Waals surface area contributed by atoms with Gasteiger partial charge in [0.15, 0.2) is 5.78 Å². The highest BCUT2D eigenvalue weighted by Crippen LogP contribution is 2.34. The van der Waals surface area contributed by atoms with Crippen LogP contribution in [0.3, 0.4) is 0 Å². The maximum absolute atomic E-state index is 15.1. The van der Waals surface area contributed by atoms with Gasteiger partial charge in [0, 0.05) is 25.1 Å². The van der Waals surface area contributed by atoms with Crippen LogP contribution in [-0.2, 0) is 13.2 Å². The van der Waals surface area contributed by atoms with E-state index in [0.717, 1.165) is 12.1 Å². The van der Waals surface area contributed by atoms with Gasteiger partial charge in [0.1, 0.15) is 18.2 Å². The number of rotatable bonds is 8. The van der Waals surface area contributed by atoms with E-state index in [4.69, 9.17) is 4.74 Å². The second-order valence-corrected chi connectivity index (χ2v) is 8.46. The third-order valence-electron chi connectivity index (χ3n) is 4.77. The van der Waals surface area contributed by atoms with Gasteiger partial charge in [0.05, 0.1) is 5.56 Å². The number of carbonyl (C=O) groups excluding carboxylic acids is 1. The van der Waals surface area contributed by atoms with Crippen molar-refractivity contribution in [2.45, 2.75) is 61.1 Å². The molecule has 0 atom stereocenters. The summed E-state index contributed by atoms with van der Waals surface area (Å²) in [6.45, 7) is 13.2. The Morgan fingerprint density at radius 2 is 1.75 bits per heavy atom. The molecular weight excluding hydrogens is 353 g/mol. The summed E-state index contributed by atoms with van der Waals surface area (Å²) in [5, 5.41) is 3.33. The Morgan fingerprint density at radius 3 is 2.32 bits per heavy atom. The molecule has 4 heteroatoms. The Balaban J connectivity index is 2.42. The van der Waals surface area contributed by atoms with Crippen molar-refractivity contribution in [1.82, 2.24) is 5.32 Å². The van der Waals surface area contributed by atoms with Crippen LogP contribution in [-0.4, -0.2) is 12.3 Å². The van der Waals surface area contributed by atoms with Gasteiger partial charge in [-0.2, -0.15) is 0 Å². The van der Waals surface area contributed by atoms with Crippen LogP contribution in [0.1, 0.15) is 66.7 Å². The molecule has 0 fully saturated rings. The number of benzene rings is 2. The summed E-state index contributed by atoms with van der Waals surface area (Å²) in [5.41, 5.74) is 3.10. The van der Waals surface area contributed by atoms with E-state index in [-0.39, 0.29) is 17.0 Å². The fourth-order valence-electron chi connectivity index (χ4n) is 3.19. The molecule has 0 radical (unpaired) electrons. The zero-order chi connectivity index (χ0) is 20.9. The Bertz CT molecular complexity index is 823. The minimum Gasteiger partial charge on any atom is -0.488 e. The highest BCUT2D eigenvalue weighted by molar-refractivity contribution is 6.00. The van der Waals surface area contributed by atoms with Gasteiger partial charge in [-0.25, -0.2) is 4.39 Å². The number of hydrogen-bond donors (Lipinski definition) is 1. The van der Waals surface area contributed by atoms with E-state index in [9.17, 15) is 4.79 Å². The summed E-state index contributed by atoms with van der Waals surface area (Å²) < 4.78 is 21.2. The quantitative estimate of drug-likeness (QED) is 0.588. The normalized spacial score (nSPS) is 11.5. The zero-order valence-corrected chi connectivity index (χ0v) is 17.9. The van der Waals surface area contributed by atoms with Gasteiger partial charge < -0.3 is 10.1 Å². The van der Waals surface area contributed by atoms with Gasteiger partial charge in [-0.15, -0.1) is 0 Å². The molecule has 2 rings (SSSR count). The largest absolute Gasteiger partial charge is 0.488 e. The molecule has 0 aliphatic heterocycles. The topological polar surface area (TPSA) is 38.3 Å². The molecule has 2 aromatic carbocycles. The third-order valence-corrected chi connectivity index (χ3v) is 4.77. The van der Waals surface area contributed by atoms with Crippen molar-refractivity contribution in [3.8, 4) is 5.75 Å². The van der Waals surface area contributed by atoms with E-state index in [2.05, 4.69) is 26.1 Å². The Morgan fingerprint density at radius 1 is 1.11 bits per heavy atom. The van der Waals surface area contributed by atoms with Crippen LogP contribution in [0.4, 0.5) is 4.39 Å². The van der Waals surface area contributed by atoms with Crippen molar-refractivity contribution in [3.63, 3.8) is 0 Å². The SMILES string of the molecule is CCC(=O)c1c(C)c(F)c(CNCC(C)(C)C)c(C)c1OCc1ccccc1. The summed E-state index contributed by atoms with van der Waals surface area (Å²) in [4.78, 5) is 12.6. The van der Waals surface area contributed by atoms with Crippen LogP contribution in [0.25, 0.3) is 0 Å². The monoisotopic (exact) mass is 385 g/mol. The minimum absolute atomic E-state index is 0.100. The van der Waals surface area contributed by atoms with Crippen LogP contribution < -0.4 is 10.1 Å². The molecular formula is C24H32FNO2. The maximum Gasteiger partial charge on any atom is 0.166 e. The minimum atomic E-state index is -0.317. The molecule has 0 saturated carbocycles. The molecule has 0 aromatic heterocycles. The number of ether oxygens (including phenoxy) is 1. The first-order valence-electron chi connectivity index (χ1n) is 9.88. The number of ketones is 1. The van der Waals surface area contributed by atoms with Gasteiger partial charge in [-0.05, 0) is 36.0 Å². The predicted octanol–water partition coefficient (Wildman–Crippen LogP) is 5.75. The van der Waals surface area contributed by atoms with Crippen molar-refractivity contribution in [3.05, 3.63) is 64.0 Å². The summed E-state index contributed by atoms with van der Waals surface area (Å²) in [7, 11) is 0. The lowest BCUT2D eigenvalue weighted by molar-refractivity contribution is 0.0982. The Hall–Kier alpha value is -2.20. The van der Waals surface area contributed by atoms with Gasteiger partial charge >= 0.3 is 0 Å². The van der Waals surface area contributed by atoms with E-state index in [0.29, 0.717) is 47.6 Å². The molecule has 0 heterocycles. The average molecular weight is 386 g/mol. The highest BCUT2D eigenvalue weighted by atomic mass is 19.1. The summed E-state index contributed by atoms with van der Waals surface area (Å²) in [5.74, 6) is 0.0849. The van der Waals surface area contributed by atoms with Gasteiger partial charge in [-0.1, -0.05) is 58.0 Å². The third kappa shape index (κ3) is 5.41. The molecule has 0 spiro atoms. The summed E-state index contributed by atoms with van der Waals surface area (Å²) in [6.07, 6.45) is 0.309. The Labute approximate surface area is 168 Å². The van der Waals surface area contributed by atoms with Crippen molar-refractivity contribution in [1.29, 1.82) is 0 Å². The lowest BCUT2D eigenvalue weighted by atomic mass is 9.93. The zero-order valence-electron chi connectivity index (χ0n) is 17.9. The smallest absolute Gasteiger partial charge is 0.166 e. The van der Waals surface area contributed by atoms with Crippen LogP contribution in [0.5, 0.6) is 5.75 Å². The number of Topliss-reactive ketones (excluding diaryl/α,β-unsaturated/α-hetero) is 1. The highest BCUT2D eigenvalue weighted by Gasteiger charge is 2.24. The molecule has 152 valence electrons. The van der Waals surface area contributed by atoms with Gasteiger partial charge in [-0.3, -0.25) is 4.79 Å². The van der Waals surface area contributed by atoms with Crippen molar-refractivity contribution >= 4 is 5.78 Å².